The molecule has 0 saturated heterocycles. The van der Waals surface area contributed by atoms with Crippen molar-refractivity contribution in [2.45, 2.75) is 31.7 Å². The van der Waals surface area contributed by atoms with Gasteiger partial charge in [0.2, 0.25) is 0 Å². The molecule has 2 saturated carbocycles. The Labute approximate surface area is 131 Å². The second-order valence-corrected chi connectivity index (χ2v) is 7.03. The van der Waals surface area contributed by atoms with E-state index in [0.29, 0.717) is 25.2 Å². The van der Waals surface area contributed by atoms with E-state index in [1.165, 1.54) is 31.2 Å². The molecule has 3 aliphatic rings. The summed E-state index contributed by atoms with van der Waals surface area (Å²) in [6, 6.07) is 4.33. The molecule has 3 nitrogen and oxygen atoms in total. The predicted molar refractivity (Wildman–Crippen MR) is 83.2 cm³/mol. The van der Waals surface area contributed by atoms with E-state index >= 15 is 0 Å². The fourth-order valence-electron chi connectivity index (χ4n) is 4.62. The summed E-state index contributed by atoms with van der Waals surface area (Å²) in [6.07, 6.45) is 5.55. The zero-order valence-electron chi connectivity index (χ0n) is 12.4. The third-order valence-electron chi connectivity index (χ3n) is 5.53. The van der Waals surface area contributed by atoms with Crippen molar-refractivity contribution in [2.75, 3.05) is 20.3 Å². The molecule has 0 radical (unpaired) electrons. The molecule has 114 valence electrons. The van der Waals surface area contributed by atoms with E-state index in [4.69, 9.17) is 21.1 Å². The van der Waals surface area contributed by atoms with Crippen LogP contribution in [0, 0.1) is 17.8 Å². The molecule has 2 aliphatic carbocycles. The molecule has 21 heavy (non-hydrogen) atoms. The number of nitrogens with one attached hydrogen (secondary N) is 1. The third kappa shape index (κ3) is 2.31. The average Bonchev–Trinajstić information content (AvgIpc) is 3.11. The van der Waals surface area contributed by atoms with Gasteiger partial charge in [0.1, 0.15) is 13.2 Å². The van der Waals surface area contributed by atoms with E-state index in [0.717, 1.165) is 28.4 Å². The van der Waals surface area contributed by atoms with Gasteiger partial charge in [0, 0.05) is 17.1 Å². The number of ether oxygens (including phenoxy) is 2. The van der Waals surface area contributed by atoms with Gasteiger partial charge in [0.05, 0.1) is 0 Å². The maximum absolute atomic E-state index is 6.54. The maximum atomic E-state index is 6.54. The Kier molecular flexibility index (Phi) is 3.50. The van der Waals surface area contributed by atoms with Crippen molar-refractivity contribution in [1.82, 2.24) is 5.32 Å². The minimum Gasteiger partial charge on any atom is -0.486 e. The lowest BCUT2D eigenvalue weighted by atomic mass is 9.80. The first kappa shape index (κ1) is 13.7. The van der Waals surface area contributed by atoms with Crippen LogP contribution in [0.5, 0.6) is 11.5 Å². The summed E-state index contributed by atoms with van der Waals surface area (Å²) in [4.78, 5) is 0. The van der Waals surface area contributed by atoms with Crippen LogP contribution in [0.3, 0.4) is 0 Å². The first-order valence-electron chi connectivity index (χ1n) is 8.02. The van der Waals surface area contributed by atoms with E-state index in [1.807, 2.05) is 13.1 Å². The molecule has 1 aromatic carbocycles. The summed E-state index contributed by atoms with van der Waals surface area (Å²) in [5.41, 5.74) is 1.17. The first-order chi connectivity index (χ1) is 10.3. The monoisotopic (exact) mass is 307 g/mol. The molecule has 1 heterocycles. The van der Waals surface area contributed by atoms with Crippen LogP contribution in [-0.2, 0) is 0 Å². The fraction of sp³-hybridized carbons (Fsp3) is 0.647. The Hall–Kier alpha value is -0.930. The second kappa shape index (κ2) is 5.36. The predicted octanol–water partition coefficient (Wildman–Crippen LogP) is 3.81. The zero-order valence-corrected chi connectivity index (χ0v) is 13.2. The number of hydrogen-bond acceptors (Lipinski definition) is 3. The van der Waals surface area contributed by atoms with Gasteiger partial charge in [-0.3, -0.25) is 0 Å². The van der Waals surface area contributed by atoms with Crippen LogP contribution >= 0.6 is 11.6 Å². The summed E-state index contributed by atoms with van der Waals surface area (Å²) in [7, 11) is 2.05. The standard InChI is InChI=1S/C17H22ClNO2/c1-19-17(12-7-10-2-3-11(12)6-10)13-8-15-16(9-14(13)18)21-5-4-20-15/h8-12,17,19H,2-7H2,1H3. The lowest BCUT2D eigenvalue weighted by Crippen LogP contribution is -2.29. The minimum atomic E-state index is 0.323. The number of fused-ring (bicyclic) bond motifs is 3. The lowest BCUT2D eigenvalue weighted by Gasteiger charge is -2.32. The van der Waals surface area contributed by atoms with E-state index in [1.54, 1.807) is 0 Å². The Balaban J connectivity index is 1.67. The van der Waals surface area contributed by atoms with E-state index in [9.17, 15) is 0 Å². The largest absolute Gasteiger partial charge is 0.486 e. The van der Waals surface area contributed by atoms with Crippen molar-refractivity contribution in [3.63, 3.8) is 0 Å². The highest BCUT2D eigenvalue weighted by molar-refractivity contribution is 6.31. The third-order valence-corrected chi connectivity index (χ3v) is 5.86. The lowest BCUT2D eigenvalue weighted by molar-refractivity contribution is 0.171. The normalized spacial score (nSPS) is 31.4. The van der Waals surface area contributed by atoms with Crippen LogP contribution in [0.25, 0.3) is 0 Å². The summed E-state index contributed by atoms with van der Waals surface area (Å²) < 4.78 is 11.3. The number of hydrogen-bond donors (Lipinski definition) is 1. The van der Waals surface area contributed by atoms with E-state index < -0.39 is 0 Å². The molecule has 1 aromatic rings. The molecule has 1 N–H and O–H groups in total. The van der Waals surface area contributed by atoms with Gasteiger partial charge in [-0.25, -0.2) is 0 Å². The number of halogens is 1. The maximum Gasteiger partial charge on any atom is 0.162 e. The van der Waals surface area contributed by atoms with E-state index in [2.05, 4.69) is 11.4 Å². The quantitative estimate of drug-likeness (QED) is 0.921. The number of benzene rings is 1. The summed E-state index contributed by atoms with van der Waals surface area (Å²) in [5, 5.41) is 4.30. The molecule has 0 amide bonds. The highest BCUT2D eigenvalue weighted by Crippen LogP contribution is 2.53. The van der Waals surface area contributed by atoms with Gasteiger partial charge in [0.15, 0.2) is 11.5 Å². The molecule has 4 heteroatoms. The smallest absolute Gasteiger partial charge is 0.162 e. The van der Waals surface area contributed by atoms with Crippen LogP contribution in [0.1, 0.15) is 37.3 Å². The highest BCUT2D eigenvalue weighted by Gasteiger charge is 2.43. The topological polar surface area (TPSA) is 30.5 Å². The van der Waals surface area contributed by atoms with Crippen LogP contribution in [0.2, 0.25) is 5.02 Å². The van der Waals surface area contributed by atoms with Crippen molar-refractivity contribution >= 4 is 11.6 Å². The molecule has 4 unspecified atom stereocenters. The Morgan fingerprint density at radius 3 is 2.52 bits per heavy atom. The highest BCUT2D eigenvalue weighted by atomic mass is 35.5. The summed E-state index contributed by atoms with van der Waals surface area (Å²) in [6.45, 7) is 1.22. The molecule has 4 atom stereocenters. The average molecular weight is 308 g/mol. The van der Waals surface area contributed by atoms with Crippen molar-refractivity contribution in [3.8, 4) is 11.5 Å². The van der Waals surface area contributed by atoms with Crippen molar-refractivity contribution in [2.24, 2.45) is 17.8 Å². The van der Waals surface area contributed by atoms with Crippen molar-refractivity contribution in [1.29, 1.82) is 0 Å². The van der Waals surface area contributed by atoms with Crippen LogP contribution in [-0.4, -0.2) is 20.3 Å². The Morgan fingerprint density at radius 2 is 1.90 bits per heavy atom. The van der Waals surface area contributed by atoms with Gasteiger partial charge in [-0.2, -0.15) is 0 Å². The van der Waals surface area contributed by atoms with Gasteiger partial charge in [-0.15, -0.1) is 0 Å². The van der Waals surface area contributed by atoms with Crippen molar-refractivity contribution < 1.29 is 9.47 Å². The minimum absolute atomic E-state index is 0.323. The van der Waals surface area contributed by atoms with Gasteiger partial charge in [0.25, 0.3) is 0 Å². The molecule has 0 aromatic heterocycles. The van der Waals surface area contributed by atoms with E-state index in [-0.39, 0.29) is 0 Å². The summed E-state index contributed by atoms with van der Waals surface area (Å²) in [5.74, 6) is 4.11. The fourth-order valence-corrected chi connectivity index (χ4v) is 4.89. The molecule has 2 bridgehead atoms. The molecule has 1 aliphatic heterocycles. The Morgan fingerprint density at radius 1 is 1.14 bits per heavy atom. The molecule has 4 rings (SSSR count). The molecular formula is C17H22ClNO2. The van der Waals surface area contributed by atoms with Gasteiger partial charge < -0.3 is 14.8 Å². The Bertz CT molecular complexity index is 548. The van der Waals surface area contributed by atoms with Crippen molar-refractivity contribution in [3.05, 3.63) is 22.7 Å². The SMILES string of the molecule is CNC(c1cc2c(cc1Cl)OCCO2)C1CC2CCC1C2. The van der Waals surface area contributed by atoms with Gasteiger partial charge in [-0.1, -0.05) is 18.0 Å². The zero-order chi connectivity index (χ0) is 14.4. The molecule has 2 fully saturated rings. The van der Waals surface area contributed by atoms with Crippen LogP contribution in [0.15, 0.2) is 12.1 Å². The van der Waals surface area contributed by atoms with Crippen LogP contribution < -0.4 is 14.8 Å². The molecule has 0 spiro atoms. The number of rotatable bonds is 3. The second-order valence-electron chi connectivity index (χ2n) is 6.62. The first-order valence-corrected chi connectivity index (χ1v) is 8.40. The van der Waals surface area contributed by atoms with Gasteiger partial charge >= 0.3 is 0 Å². The molecular weight excluding hydrogens is 286 g/mol. The summed E-state index contributed by atoms with van der Waals surface area (Å²) >= 11 is 6.54. The van der Waals surface area contributed by atoms with Gasteiger partial charge in [-0.05, 0) is 55.7 Å². The van der Waals surface area contributed by atoms with Crippen LogP contribution in [0.4, 0.5) is 0 Å².